The third-order valence-electron chi connectivity index (χ3n) is 3.97. The maximum absolute atomic E-state index is 11.8. The minimum absolute atomic E-state index is 0.188. The molecule has 7 heteroatoms. The normalized spacial score (nSPS) is 18.6. The highest BCUT2D eigenvalue weighted by atomic mass is 16.7. The molecule has 1 fully saturated rings. The molecule has 7 nitrogen and oxygen atoms in total. The van der Waals surface area contributed by atoms with Gasteiger partial charge in [0.1, 0.15) is 0 Å². The summed E-state index contributed by atoms with van der Waals surface area (Å²) < 4.78 is 21.6. The van der Waals surface area contributed by atoms with Crippen LogP contribution in [0.15, 0.2) is 18.2 Å². The predicted molar refractivity (Wildman–Crippen MR) is 87.2 cm³/mol. The number of urea groups is 1. The molecular formula is C17H24N2O5. The van der Waals surface area contributed by atoms with Crippen LogP contribution in [0.1, 0.15) is 24.8 Å². The minimum atomic E-state index is -0.188. The summed E-state index contributed by atoms with van der Waals surface area (Å²) in [6.07, 6.45) is 3.24. The molecule has 0 radical (unpaired) electrons. The molecule has 1 saturated heterocycles. The second-order valence-electron chi connectivity index (χ2n) is 5.86. The van der Waals surface area contributed by atoms with Crippen LogP contribution in [0.5, 0.6) is 11.5 Å². The zero-order valence-corrected chi connectivity index (χ0v) is 13.7. The Balaban J connectivity index is 1.23. The van der Waals surface area contributed by atoms with E-state index >= 15 is 0 Å². The van der Waals surface area contributed by atoms with Gasteiger partial charge in [-0.15, -0.1) is 0 Å². The highest BCUT2D eigenvalue weighted by molar-refractivity contribution is 5.73. The number of rotatable bonds is 8. The van der Waals surface area contributed by atoms with Crippen molar-refractivity contribution in [1.82, 2.24) is 10.6 Å². The van der Waals surface area contributed by atoms with E-state index in [2.05, 4.69) is 10.6 Å². The largest absolute Gasteiger partial charge is 0.454 e. The van der Waals surface area contributed by atoms with E-state index in [0.717, 1.165) is 42.9 Å². The zero-order chi connectivity index (χ0) is 16.6. The highest BCUT2D eigenvalue weighted by Crippen LogP contribution is 2.32. The Kier molecular flexibility index (Phi) is 6.14. The van der Waals surface area contributed by atoms with Gasteiger partial charge in [-0.05, 0) is 37.0 Å². The molecule has 3 rings (SSSR count). The molecule has 132 valence electrons. The Labute approximate surface area is 141 Å². The van der Waals surface area contributed by atoms with E-state index in [1.165, 1.54) is 0 Å². The molecular weight excluding hydrogens is 312 g/mol. The molecule has 0 spiro atoms. The van der Waals surface area contributed by atoms with E-state index in [9.17, 15) is 4.79 Å². The van der Waals surface area contributed by atoms with Crippen LogP contribution >= 0.6 is 0 Å². The average Bonchev–Trinajstić information content (AvgIpc) is 3.26. The molecule has 0 aliphatic carbocycles. The number of ether oxygens (including phenoxy) is 4. The van der Waals surface area contributed by atoms with Crippen LogP contribution in [-0.2, 0) is 16.0 Å². The van der Waals surface area contributed by atoms with E-state index < -0.39 is 0 Å². The van der Waals surface area contributed by atoms with Crippen LogP contribution in [0.4, 0.5) is 4.79 Å². The lowest BCUT2D eigenvalue weighted by Gasteiger charge is -2.11. The summed E-state index contributed by atoms with van der Waals surface area (Å²) in [7, 11) is 0. The van der Waals surface area contributed by atoms with Crippen molar-refractivity contribution in [3.8, 4) is 11.5 Å². The Hall–Kier alpha value is -1.99. The molecule has 2 aliphatic heterocycles. The van der Waals surface area contributed by atoms with E-state index in [0.29, 0.717) is 26.3 Å². The summed E-state index contributed by atoms with van der Waals surface area (Å²) in [6.45, 7) is 3.40. The Morgan fingerprint density at radius 1 is 1.25 bits per heavy atom. The van der Waals surface area contributed by atoms with Gasteiger partial charge in [-0.2, -0.15) is 0 Å². The number of fused-ring (bicyclic) bond motifs is 1. The first kappa shape index (κ1) is 16.9. The van der Waals surface area contributed by atoms with Crippen LogP contribution < -0.4 is 20.1 Å². The van der Waals surface area contributed by atoms with E-state index in [1.54, 1.807) is 0 Å². The van der Waals surface area contributed by atoms with Crippen molar-refractivity contribution in [3.63, 3.8) is 0 Å². The fraction of sp³-hybridized carbons (Fsp3) is 0.588. The molecule has 2 heterocycles. The summed E-state index contributed by atoms with van der Waals surface area (Å²) in [4.78, 5) is 11.8. The molecule has 24 heavy (non-hydrogen) atoms. The number of hydrogen-bond donors (Lipinski definition) is 2. The highest BCUT2D eigenvalue weighted by Gasteiger charge is 2.15. The van der Waals surface area contributed by atoms with Gasteiger partial charge in [0.15, 0.2) is 11.5 Å². The predicted octanol–water partition coefficient (Wildman–Crippen LogP) is 1.80. The number of carbonyl (C=O) groups is 1. The van der Waals surface area contributed by atoms with Crippen molar-refractivity contribution in [1.29, 1.82) is 0 Å². The van der Waals surface area contributed by atoms with Gasteiger partial charge < -0.3 is 29.6 Å². The summed E-state index contributed by atoms with van der Waals surface area (Å²) in [5.74, 6) is 1.46. The monoisotopic (exact) mass is 336 g/mol. The molecule has 1 aromatic rings. The van der Waals surface area contributed by atoms with Crippen LogP contribution in [0.2, 0.25) is 0 Å². The third-order valence-corrected chi connectivity index (χ3v) is 3.97. The molecule has 1 aromatic carbocycles. The zero-order valence-electron chi connectivity index (χ0n) is 13.7. The molecule has 2 N–H and O–H groups in total. The summed E-state index contributed by atoms with van der Waals surface area (Å²) in [5.41, 5.74) is 0.967. The van der Waals surface area contributed by atoms with Gasteiger partial charge in [0, 0.05) is 26.3 Å². The average molecular weight is 336 g/mol. The van der Waals surface area contributed by atoms with Gasteiger partial charge in [0.05, 0.1) is 12.7 Å². The lowest BCUT2D eigenvalue weighted by Crippen LogP contribution is -2.35. The maximum atomic E-state index is 11.8. The SMILES string of the molecule is O=C(NCCCOCC1CCCO1)NCc1ccc2c(c1)OCO2. The lowest BCUT2D eigenvalue weighted by molar-refractivity contribution is 0.0168. The standard InChI is InChI=1S/C17H24N2O5/c20-17(18-6-2-7-21-11-14-3-1-8-22-14)19-10-13-4-5-15-16(9-13)24-12-23-15/h4-5,9,14H,1-3,6-8,10-12H2,(H2,18,19,20). The number of nitrogens with one attached hydrogen (secondary N) is 2. The molecule has 1 atom stereocenters. The van der Waals surface area contributed by atoms with E-state index in [1.807, 2.05) is 18.2 Å². The first-order valence-electron chi connectivity index (χ1n) is 8.41. The fourth-order valence-corrected chi connectivity index (χ4v) is 2.66. The van der Waals surface area contributed by atoms with Crippen molar-refractivity contribution in [2.24, 2.45) is 0 Å². The molecule has 2 aliphatic rings. The second kappa shape index (κ2) is 8.75. The van der Waals surface area contributed by atoms with Gasteiger partial charge in [-0.25, -0.2) is 4.79 Å². The maximum Gasteiger partial charge on any atom is 0.315 e. The minimum Gasteiger partial charge on any atom is -0.454 e. The Morgan fingerprint density at radius 3 is 3.04 bits per heavy atom. The van der Waals surface area contributed by atoms with Crippen LogP contribution in [0.3, 0.4) is 0 Å². The molecule has 0 bridgehead atoms. The molecule has 0 saturated carbocycles. The van der Waals surface area contributed by atoms with Gasteiger partial charge in [-0.1, -0.05) is 6.07 Å². The summed E-state index contributed by atoms with van der Waals surface area (Å²) in [6, 6.07) is 5.45. The van der Waals surface area contributed by atoms with Gasteiger partial charge in [0.2, 0.25) is 6.79 Å². The number of benzene rings is 1. The fourth-order valence-electron chi connectivity index (χ4n) is 2.66. The van der Waals surface area contributed by atoms with Crippen molar-refractivity contribution in [2.45, 2.75) is 31.9 Å². The topological polar surface area (TPSA) is 78.1 Å². The molecule has 0 aromatic heterocycles. The van der Waals surface area contributed by atoms with Crippen LogP contribution in [-0.4, -0.2) is 45.3 Å². The first-order chi connectivity index (χ1) is 11.8. The van der Waals surface area contributed by atoms with Gasteiger partial charge >= 0.3 is 6.03 Å². The lowest BCUT2D eigenvalue weighted by atomic mass is 10.2. The quantitative estimate of drug-likeness (QED) is 0.708. The molecule has 1 unspecified atom stereocenters. The van der Waals surface area contributed by atoms with E-state index in [-0.39, 0.29) is 18.9 Å². The Bertz CT molecular complexity index is 546. The Morgan fingerprint density at radius 2 is 2.17 bits per heavy atom. The first-order valence-corrected chi connectivity index (χ1v) is 8.41. The third kappa shape index (κ3) is 5.01. The summed E-state index contributed by atoms with van der Waals surface area (Å²) >= 11 is 0. The van der Waals surface area contributed by atoms with E-state index in [4.69, 9.17) is 18.9 Å². The summed E-state index contributed by atoms with van der Waals surface area (Å²) in [5, 5.41) is 5.63. The number of amides is 2. The second-order valence-corrected chi connectivity index (χ2v) is 5.86. The van der Waals surface area contributed by atoms with Gasteiger partial charge in [0.25, 0.3) is 0 Å². The van der Waals surface area contributed by atoms with Crippen LogP contribution in [0, 0.1) is 0 Å². The van der Waals surface area contributed by atoms with Crippen LogP contribution in [0.25, 0.3) is 0 Å². The van der Waals surface area contributed by atoms with Crippen molar-refractivity contribution < 1.29 is 23.7 Å². The number of carbonyl (C=O) groups excluding carboxylic acids is 1. The van der Waals surface area contributed by atoms with Crippen molar-refractivity contribution in [3.05, 3.63) is 23.8 Å². The molecule has 2 amide bonds. The smallest absolute Gasteiger partial charge is 0.315 e. The van der Waals surface area contributed by atoms with Crippen molar-refractivity contribution >= 4 is 6.03 Å². The number of hydrogen-bond acceptors (Lipinski definition) is 5. The van der Waals surface area contributed by atoms with Crippen molar-refractivity contribution in [2.75, 3.05) is 33.2 Å². The van der Waals surface area contributed by atoms with Gasteiger partial charge in [-0.3, -0.25) is 0 Å².